The number of H-pyrrole nitrogens is 1. The van der Waals surface area contributed by atoms with E-state index in [1.54, 1.807) is 24.3 Å². The molecule has 2 heterocycles. The summed E-state index contributed by atoms with van der Waals surface area (Å²) in [6.45, 7) is 0. The van der Waals surface area contributed by atoms with Gasteiger partial charge < -0.3 is 9.52 Å². The fourth-order valence-electron chi connectivity index (χ4n) is 1.57. The Morgan fingerprint density at radius 3 is 2.68 bits per heavy atom. The van der Waals surface area contributed by atoms with Crippen molar-refractivity contribution in [2.75, 3.05) is 0 Å². The number of hydrogen-bond donors (Lipinski definition) is 2. The van der Waals surface area contributed by atoms with Crippen LogP contribution in [-0.4, -0.2) is 25.1 Å². The SMILES string of the molecule is O=c1[nH]nc(-c2nn(-c3ccc(Cl)cc3)cc2O)o1. The molecular formula is C11H7ClN4O3. The summed E-state index contributed by atoms with van der Waals surface area (Å²) in [6.07, 6.45) is 1.38. The first-order valence-corrected chi connectivity index (χ1v) is 5.62. The number of benzene rings is 1. The van der Waals surface area contributed by atoms with Crippen LogP contribution in [-0.2, 0) is 0 Å². The molecule has 0 atom stereocenters. The molecule has 2 aromatic heterocycles. The van der Waals surface area contributed by atoms with Crippen molar-refractivity contribution in [1.82, 2.24) is 20.0 Å². The van der Waals surface area contributed by atoms with E-state index in [1.807, 2.05) is 0 Å². The van der Waals surface area contributed by atoms with Gasteiger partial charge in [-0.05, 0) is 24.3 Å². The van der Waals surface area contributed by atoms with E-state index in [2.05, 4.69) is 15.3 Å². The van der Waals surface area contributed by atoms with Crippen LogP contribution in [0.15, 0.2) is 39.7 Å². The van der Waals surface area contributed by atoms with Gasteiger partial charge in [-0.3, -0.25) is 0 Å². The summed E-state index contributed by atoms with van der Waals surface area (Å²) in [7, 11) is 0. The molecule has 96 valence electrons. The number of aromatic amines is 1. The number of halogens is 1. The van der Waals surface area contributed by atoms with Gasteiger partial charge in [0.05, 0.1) is 11.9 Å². The van der Waals surface area contributed by atoms with Crippen molar-refractivity contribution in [3.05, 3.63) is 46.0 Å². The molecule has 0 aliphatic heterocycles. The van der Waals surface area contributed by atoms with Crippen LogP contribution in [0.1, 0.15) is 0 Å². The minimum absolute atomic E-state index is 0.0739. The third-order valence-electron chi connectivity index (χ3n) is 2.43. The normalized spacial score (nSPS) is 10.8. The van der Waals surface area contributed by atoms with Gasteiger partial charge in [-0.25, -0.2) is 14.6 Å². The predicted octanol–water partition coefficient (Wildman–Crippen LogP) is 1.57. The van der Waals surface area contributed by atoms with Crippen molar-refractivity contribution in [3.8, 4) is 23.0 Å². The molecule has 7 nitrogen and oxygen atoms in total. The van der Waals surface area contributed by atoms with E-state index < -0.39 is 5.76 Å². The third-order valence-corrected chi connectivity index (χ3v) is 2.68. The maximum absolute atomic E-state index is 10.9. The summed E-state index contributed by atoms with van der Waals surface area (Å²) in [4.78, 5) is 10.9. The molecule has 0 amide bonds. The minimum atomic E-state index is -0.713. The number of nitrogens with zero attached hydrogens (tertiary/aromatic N) is 3. The number of aromatic hydroxyl groups is 1. The van der Waals surface area contributed by atoms with Crippen molar-refractivity contribution in [3.63, 3.8) is 0 Å². The zero-order chi connectivity index (χ0) is 13.4. The number of nitrogens with one attached hydrogen (secondary N) is 1. The topological polar surface area (TPSA) is 96.9 Å². The molecule has 3 rings (SSSR count). The Morgan fingerprint density at radius 2 is 2.05 bits per heavy atom. The molecule has 0 saturated heterocycles. The van der Waals surface area contributed by atoms with E-state index in [1.165, 1.54) is 10.9 Å². The molecule has 2 N–H and O–H groups in total. The molecule has 8 heteroatoms. The standard InChI is InChI=1S/C11H7ClN4O3/c12-6-1-3-7(4-2-6)16-5-8(17)9(15-16)10-13-14-11(18)19-10/h1-5,17H,(H,14,18). The summed E-state index contributed by atoms with van der Waals surface area (Å²) in [5.41, 5.74) is 0.775. The second-order valence-electron chi connectivity index (χ2n) is 3.70. The van der Waals surface area contributed by atoms with Gasteiger partial charge in [-0.1, -0.05) is 11.6 Å². The van der Waals surface area contributed by atoms with Crippen molar-refractivity contribution < 1.29 is 9.52 Å². The zero-order valence-electron chi connectivity index (χ0n) is 9.37. The summed E-state index contributed by atoms with van der Waals surface area (Å²) in [5.74, 6) is -0.934. The number of rotatable bonds is 2. The van der Waals surface area contributed by atoms with Gasteiger partial charge in [0.25, 0.3) is 5.89 Å². The molecule has 0 aliphatic rings. The van der Waals surface area contributed by atoms with Crippen molar-refractivity contribution in [2.45, 2.75) is 0 Å². The van der Waals surface area contributed by atoms with Crippen molar-refractivity contribution >= 4 is 11.6 Å². The van der Waals surface area contributed by atoms with Crippen LogP contribution in [0.2, 0.25) is 5.02 Å². The van der Waals surface area contributed by atoms with Crippen molar-refractivity contribution in [2.24, 2.45) is 0 Å². The summed E-state index contributed by atoms with van der Waals surface area (Å²) >= 11 is 5.79. The minimum Gasteiger partial charge on any atom is -0.504 e. The molecule has 0 radical (unpaired) electrons. The number of aromatic nitrogens is 4. The van der Waals surface area contributed by atoms with Gasteiger partial charge in [0.15, 0.2) is 11.4 Å². The molecule has 3 aromatic rings. The van der Waals surface area contributed by atoms with E-state index in [0.29, 0.717) is 10.7 Å². The van der Waals surface area contributed by atoms with Gasteiger partial charge in [0.2, 0.25) is 0 Å². The molecule has 0 saturated carbocycles. The van der Waals surface area contributed by atoms with Crippen LogP contribution in [0.4, 0.5) is 0 Å². The Morgan fingerprint density at radius 1 is 1.32 bits per heavy atom. The largest absolute Gasteiger partial charge is 0.504 e. The number of hydrogen-bond acceptors (Lipinski definition) is 5. The lowest BCUT2D eigenvalue weighted by molar-refractivity contribution is 0.470. The first kappa shape index (κ1) is 11.5. The van der Waals surface area contributed by atoms with Crippen LogP contribution < -0.4 is 5.76 Å². The van der Waals surface area contributed by atoms with Gasteiger partial charge in [-0.2, -0.15) is 5.10 Å². The molecule has 1 aromatic carbocycles. The average molecular weight is 279 g/mol. The first-order chi connectivity index (χ1) is 9.13. The lowest BCUT2D eigenvalue weighted by atomic mass is 10.3. The third kappa shape index (κ3) is 2.11. The van der Waals surface area contributed by atoms with Gasteiger partial charge in [-0.15, -0.1) is 5.10 Å². The molecule has 0 fully saturated rings. The highest BCUT2D eigenvalue weighted by Crippen LogP contribution is 2.26. The fraction of sp³-hybridized carbons (Fsp3) is 0. The first-order valence-electron chi connectivity index (χ1n) is 5.24. The highest BCUT2D eigenvalue weighted by Gasteiger charge is 2.16. The Hall–Kier alpha value is -2.54. The Balaban J connectivity index is 2.06. The Kier molecular flexibility index (Phi) is 2.60. The van der Waals surface area contributed by atoms with Gasteiger partial charge in [0.1, 0.15) is 0 Å². The predicted molar refractivity (Wildman–Crippen MR) is 66.4 cm³/mol. The summed E-state index contributed by atoms with van der Waals surface area (Å²) in [5, 5.41) is 20.2. The van der Waals surface area contributed by atoms with E-state index in [-0.39, 0.29) is 17.3 Å². The maximum Gasteiger partial charge on any atom is 0.434 e. The highest BCUT2D eigenvalue weighted by molar-refractivity contribution is 6.30. The lowest BCUT2D eigenvalue weighted by Crippen LogP contribution is -1.94. The monoisotopic (exact) mass is 278 g/mol. The van der Waals surface area contributed by atoms with Gasteiger partial charge in [0, 0.05) is 5.02 Å². The van der Waals surface area contributed by atoms with Crippen LogP contribution in [0, 0.1) is 0 Å². The molecule has 0 aliphatic carbocycles. The van der Waals surface area contributed by atoms with E-state index in [0.717, 1.165) is 0 Å². The second-order valence-corrected chi connectivity index (χ2v) is 4.14. The lowest BCUT2D eigenvalue weighted by Gasteiger charge is -1.99. The van der Waals surface area contributed by atoms with Crippen LogP contribution in [0.25, 0.3) is 17.3 Å². The van der Waals surface area contributed by atoms with Gasteiger partial charge >= 0.3 is 5.76 Å². The average Bonchev–Trinajstić information content (AvgIpc) is 2.96. The van der Waals surface area contributed by atoms with Crippen LogP contribution in [0.3, 0.4) is 0 Å². The highest BCUT2D eigenvalue weighted by atomic mass is 35.5. The van der Waals surface area contributed by atoms with Crippen molar-refractivity contribution in [1.29, 1.82) is 0 Å². The molecule has 0 unspecified atom stereocenters. The quantitative estimate of drug-likeness (QED) is 0.742. The van der Waals surface area contributed by atoms with E-state index >= 15 is 0 Å². The summed E-state index contributed by atoms with van der Waals surface area (Å²) < 4.78 is 6.17. The van der Waals surface area contributed by atoms with E-state index in [4.69, 9.17) is 16.0 Å². The molecule has 0 spiro atoms. The van der Waals surface area contributed by atoms with E-state index in [9.17, 15) is 9.90 Å². The Labute approximate surface area is 111 Å². The van der Waals surface area contributed by atoms with Crippen LogP contribution in [0.5, 0.6) is 5.75 Å². The smallest absolute Gasteiger partial charge is 0.434 e. The molecular weight excluding hydrogens is 272 g/mol. The second kappa shape index (κ2) is 4.29. The molecule has 0 bridgehead atoms. The zero-order valence-corrected chi connectivity index (χ0v) is 10.1. The molecule has 19 heavy (non-hydrogen) atoms. The maximum atomic E-state index is 10.9. The van der Waals surface area contributed by atoms with Crippen LogP contribution >= 0.6 is 11.6 Å². The summed E-state index contributed by atoms with van der Waals surface area (Å²) in [6, 6.07) is 6.87. The fourth-order valence-corrected chi connectivity index (χ4v) is 1.70. The Bertz CT molecular complexity index is 772.